The molecule has 1 aromatic rings. The van der Waals surface area contributed by atoms with Crippen molar-refractivity contribution in [3.8, 4) is 0 Å². The minimum atomic E-state index is -0.205. The maximum absolute atomic E-state index is 11.3. The standard InChI is InChI=1S/C13H20N2O2S/c1-3-17-12(16)7-10-8-18-13(14-10)15-11-6-4-5-9(11)2/h8-9,11H,3-7H2,1-2H3,(H,14,15). The van der Waals surface area contributed by atoms with E-state index in [1.165, 1.54) is 19.3 Å². The number of carbonyl (C=O) groups is 1. The first kappa shape index (κ1) is 13.3. The maximum Gasteiger partial charge on any atom is 0.311 e. The summed E-state index contributed by atoms with van der Waals surface area (Å²) in [4.78, 5) is 15.8. The summed E-state index contributed by atoms with van der Waals surface area (Å²) in [6.45, 7) is 4.51. The van der Waals surface area contributed by atoms with Crippen molar-refractivity contribution in [3.63, 3.8) is 0 Å². The molecule has 0 radical (unpaired) electrons. The first-order chi connectivity index (χ1) is 8.69. The predicted molar refractivity (Wildman–Crippen MR) is 72.9 cm³/mol. The molecule has 1 N–H and O–H groups in total. The van der Waals surface area contributed by atoms with E-state index >= 15 is 0 Å². The van der Waals surface area contributed by atoms with E-state index in [9.17, 15) is 4.79 Å². The molecule has 1 aliphatic rings. The van der Waals surface area contributed by atoms with E-state index in [4.69, 9.17) is 4.74 Å². The highest BCUT2D eigenvalue weighted by Gasteiger charge is 2.23. The van der Waals surface area contributed by atoms with Crippen LogP contribution in [0.15, 0.2) is 5.38 Å². The second kappa shape index (κ2) is 6.18. The molecule has 1 saturated carbocycles. The second-order valence-corrected chi connectivity index (χ2v) is 5.64. The number of hydrogen-bond donors (Lipinski definition) is 1. The smallest absolute Gasteiger partial charge is 0.311 e. The van der Waals surface area contributed by atoms with Gasteiger partial charge in [-0.15, -0.1) is 11.3 Å². The summed E-state index contributed by atoms with van der Waals surface area (Å²) >= 11 is 1.57. The van der Waals surface area contributed by atoms with Crippen LogP contribution in [0.5, 0.6) is 0 Å². The van der Waals surface area contributed by atoms with Gasteiger partial charge >= 0.3 is 5.97 Å². The Bertz CT molecular complexity index is 405. The summed E-state index contributed by atoms with van der Waals surface area (Å²) in [6, 6.07) is 0.534. The van der Waals surface area contributed by atoms with Crippen LogP contribution in [0.3, 0.4) is 0 Å². The maximum atomic E-state index is 11.3. The molecule has 4 nitrogen and oxygen atoms in total. The molecule has 0 spiro atoms. The van der Waals surface area contributed by atoms with E-state index in [2.05, 4.69) is 17.2 Å². The van der Waals surface area contributed by atoms with Gasteiger partial charge in [-0.1, -0.05) is 13.3 Å². The normalized spacial score (nSPS) is 23.0. The molecule has 2 unspecified atom stereocenters. The van der Waals surface area contributed by atoms with Gasteiger partial charge in [0.15, 0.2) is 5.13 Å². The van der Waals surface area contributed by atoms with Crippen molar-refractivity contribution in [3.05, 3.63) is 11.1 Å². The number of rotatable bonds is 5. The molecule has 0 bridgehead atoms. The summed E-state index contributed by atoms with van der Waals surface area (Å²) in [5.41, 5.74) is 0.798. The zero-order chi connectivity index (χ0) is 13.0. The number of anilines is 1. The first-order valence-electron chi connectivity index (χ1n) is 6.55. The number of nitrogens with one attached hydrogen (secondary N) is 1. The van der Waals surface area contributed by atoms with Crippen molar-refractivity contribution in [1.29, 1.82) is 0 Å². The van der Waals surface area contributed by atoms with Crippen molar-refractivity contribution in [2.75, 3.05) is 11.9 Å². The number of nitrogens with zero attached hydrogens (tertiary/aromatic N) is 1. The number of esters is 1. The van der Waals surface area contributed by atoms with Gasteiger partial charge in [-0.3, -0.25) is 4.79 Å². The van der Waals surface area contributed by atoms with Gasteiger partial charge in [0.1, 0.15) is 0 Å². The molecule has 2 rings (SSSR count). The fourth-order valence-corrected chi connectivity index (χ4v) is 3.11. The van der Waals surface area contributed by atoms with Crippen LogP contribution < -0.4 is 5.32 Å². The lowest BCUT2D eigenvalue weighted by atomic mass is 10.1. The lowest BCUT2D eigenvalue weighted by molar-refractivity contribution is -0.142. The van der Waals surface area contributed by atoms with Crippen molar-refractivity contribution < 1.29 is 9.53 Å². The molecule has 1 aliphatic carbocycles. The fourth-order valence-electron chi connectivity index (χ4n) is 2.33. The van der Waals surface area contributed by atoms with Crippen LogP contribution >= 0.6 is 11.3 Å². The molecule has 1 heterocycles. The molecule has 1 fully saturated rings. The van der Waals surface area contributed by atoms with E-state index < -0.39 is 0 Å². The van der Waals surface area contributed by atoms with Gasteiger partial charge in [-0.05, 0) is 25.7 Å². The summed E-state index contributed by atoms with van der Waals surface area (Å²) < 4.78 is 4.91. The quantitative estimate of drug-likeness (QED) is 0.834. The molecule has 0 aromatic carbocycles. The Balaban J connectivity index is 1.87. The van der Waals surface area contributed by atoms with Gasteiger partial charge in [0.2, 0.25) is 0 Å². The predicted octanol–water partition coefficient (Wildman–Crippen LogP) is 2.85. The first-order valence-corrected chi connectivity index (χ1v) is 7.43. The molecule has 100 valence electrons. The average molecular weight is 268 g/mol. The largest absolute Gasteiger partial charge is 0.466 e. The molecule has 0 aliphatic heterocycles. The van der Waals surface area contributed by atoms with Crippen LogP contribution in [-0.2, 0) is 16.0 Å². The summed E-state index contributed by atoms with van der Waals surface area (Å²) in [7, 11) is 0. The monoisotopic (exact) mass is 268 g/mol. The third-order valence-electron chi connectivity index (χ3n) is 3.35. The minimum absolute atomic E-state index is 0.205. The van der Waals surface area contributed by atoms with Crippen LogP contribution in [-0.4, -0.2) is 23.6 Å². The van der Waals surface area contributed by atoms with E-state index in [1.807, 2.05) is 12.3 Å². The van der Waals surface area contributed by atoms with Gasteiger partial charge in [0.25, 0.3) is 0 Å². The topological polar surface area (TPSA) is 51.2 Å². The molecule has 2 atom stereocenters. The van der Waals surface area contributed by atoms with Crippen molar-refractivity contribution in [2.45, 2.75) is 45.6 Å². The molecule has 0 amide bonds. The highest BCUT2D eigenvalue weighted by Crippen LogP contribution is 2.29. The van der Waals surface area contributed by atoms with E-state index in [1.54, 1.807) is 11.3 Å². The van der Waals surface area contributed by atoms with Crippen molar-refractivity contribution in [1.82, 2.24) is 4.98 Å². The van der Waals surface area contributed by atoms with Crippen LogP contribution in [0.1, 0.15) is 38.8 Å². The van der Waals surface area contributed by atoms with E-state index in [0.29, 0.717) is 18.6 Å². The molecule has 0 saturated heterocycles. The summed E-state index contributed by atoms with van der Waals surface area (Å²) in [5, 5.41) is 6.33. The van der Waals surface area contributed by atoms with Crippen LogP contribution in [0.4, 0.5) is 5.13 Å². The SMILES string of the molecule is CCOC(=O)Cc1csc(NC2CCCC2C)n1. The van der Waals surface area contributed by atoms with Crippen LogP contribution in [0.25, 0.3) is 0 Å². The zero-order valence-corrected chi connectivity index (χ0v) is 11.8. The molecular weight excluding hydrogens is 248 g/mol. The number of thiazole rings is 1. The van der Waals surface area contributed by atoms with Crippen LogP contribution in [0.2, 0.25) is 0 Å². The Morgan fingerprint density at radius 3 is 3.11 bits per heavy atom. The average Bonchev–Trinajstić information content (AvgIpc) is 2.90. The molecule has 1 aromatic heterocycles. The van der Waals surface area contributed by atoms with Gasteiger partial charge in [0.05, 0.1) is 18.7 Å². The summed E-state index contributed by atoms with van der Waals surface area (Å²) in [6.07, 6.45) is 4.07. The van der Waals surface area contributed by atoms with Crippen molar-refractivity contribution >= 4 is 22.4 Å². The number of carbonyl (C=O) groups excluding carboxylic acids is 1. The Morgan fingerprint density at radius 1 is 1.61 bits per heavy atom. The molecule has 5 heteroatoms. The lowest BCUT2D eigenvalue weighted by Crippen LogP contribution is -2.21. The van der Waals surface area contributed by atoms with Crippen LogP contribution in [0, 0.1) is 5.92 Å². The third-order valence-corrected chi connectivity index (χ3v) is 4.18. The minimum Gasteiger partial charge on any atom is -0.466 e. The van der Waals surface area contributed by atoms with Gasteiger partial charge < -0.3 is 10.1 Å². The number of aromatic nitrogens is 1. The highest BCUT2D eigenvalue weighted by molar-refractivity contribution is 7.13. The van der Waals surface area contributed by atoms with Gasteiger partial charge in [0, 0.05) is 11.4 Å². The highest BCUT2D eigenvalue weighted by atomic mass is 32.1. The second-order valence-electron chi connectivity index (χ2n) is 4.78. The lowest BCUT2D eigenvalue weighted by Gasteiger charge is -2.15. The zero-order valence-electron chi connectivity index (χ0n) is 10.9. The Kier molecular flexibility index (Phi) is 4.58. The fraction of sp³-hybridized carbons (Fsp3) is 0.692. The van der Waals surface area contributed by atoms with Crippen molar-refractivity contribution in [2.24, 2.45) is 5.92 Å². The Hall–Kier alpha value is -1.10. The molecule has 18 heavy (non-hydrogen) atoms. The van der Waals surface area contributed by atoms with Gasteiger partial charge in [-0.2, -0.15) is 0 Å². The molecular formula is C13H20N2O2S. The Morgan fingerprint density at radius 2 is 2.44 bits per heavy atom. The third kappa shape index (κ3) is 3.45. The number of hydrogen-bond acceptors (Lipinski definition) is 5. The van der Waals surface area contributed by atoms with E-state index in [-0.39, 0.29) is 12.4 Å². The summed E-state index contributed by atoms with van der Waals surface area (Å²) in [5.74, 6) is 0.506. The Labute approximate surface area is 112 Å². The van der Waals surface area contributed by atoms with E-state index in [0.717, 1.165) is 10.8 Å². The van der Waals surface area contributed by atoms with Gasteiger partial charge in [-0.25, -0.2) is 4.98 Å². The number of ether oxygens (including phenoxy) is 1.